The van der Waals surface area contributed by atoms with Gasteiger partial charge < -0.3 is 19.9 Å². The number of aromatic nitrogens is 1. The molecule has 0 atom stereocenters. The molecule has 0 aliphatic carbocycles. The zero-order chi connectivity index (χ0) is 19.2. The van der Waals surface area contributed by atoms with Crippen LogP contribution in [0, 0.1) is 0 Å². The molecule has 3 rings (SSSR count). The van der Waals surface area contributed by atoms with E-state index in [1.54, 1.807) is 31.5 Å². The first kappa shape index (κ1) is 18.7. The summed E-state index contributed by atoms with van der Waals surface area (Å²) in [7, 11) is 0. The van der Waals surface area contributed by atoms with Gasteiger partial charge in [-0.1, -0.05) is 0 Å². The quantitative estimate of drug-likeness (QED) is 0.877. The molecule has 1 aromatic heterocycles. The number of carbonyl (C=O) groups is 2. The molecule has 1 fully saturated rings. The molecule has 1 N–H and O–H groups in total. The normalized spacial score (nSPS) is 14.0. The van der Waals surface area contributed by atoms with Crippen molar-refractivity contribution in [2.24, 2.45) is 0 Å². The fraction of sp³-hybridized carbons (Fsp3) is 0.350. The lowest BCUT2D eigenvalue weighted by molar-refractivity contribution is -0.129. The van der Waals surface area contributed by atoms with Crippen molar-refractivity contribution in [3.63, 3.8) is 0 Å². The topological polar surface area (TPSA) is 74.8 Å². The van der Waals surface area contributed by atoms with E-state index in [2.05, 4.69) is 15.2 Å². The van der Waals surface area contributed by atoms with Crippen LogP contribution >= 0.6 is 0 Å². The van der Waals surface area contributed by atoms with E-state index in [4.69, 9.17) is 4.74 Å². The molecule has 1 saturated heterocycles. The van der Waals surface area contributed by atoms with Gasteiger partial charge in [0.15, 0.2) is 0 Å². The Hall–Kier alpha value is -3.09. The molecule has 0 spiro atoms. The minimum absolute atomic E-state index is 0.0938. The molecule has 142 valence electrons. The van der Waals surface area contributed by atoms with Crippen LogP contribution in [0.15, 0.2) is 42.7 Å². The fourth-order valence-corrected chi connectivity index (χ4v) is 3.01. The molecule has 0 unspecified atom stereocenters. The standard InChI is InChI=1S/C20H24N4O3/c1-3-27-19-6-4-17(5-7-19)22-20(26)16-12-18(14-21-13-16)24-10-8-23(9-11-24)15(2)25/h4-7,12-14H,3,8-11H2,1-2H3,(H,22,26). The SMILES string of the molecule is CCOc1ccc(NC(=O)c2cncc(N3CCN(C(C)=O)CC3)c2)cc1. The molecule has 1 aliphatic rings. The predicted molar refractivity (Wildman–Crippen MR) is 104 cm³/mol. The van der Waals surface area contributed by atoms with Crippen LogP contribution in [0.3, 0.4) is 0 Å². The minimum atomic E-state index is -0.212. The monoisotopic (exact) mass is 368 g/mol. The zero-order valence-electron chi connectivity index (χ0n) is 15.6. The molecule has 0 radical (unpaired) electrons. The van der Waals surface area contributed by atoms with Crippen LogP contribution in [0.4, 0.5) is 11.4 Å². The summed E-state index contributed by atoms with van der Waals surface area (Å²) in [6, 6.07) is 9.09. The summed E-state index contributed by atoms with van der Waals surface area (Å²) in [5.74, 6) is 0.649. The maximum Gasteiger partial charge on any atom is 0.257 e. The minimum Gasteiger partial charge on any atom is -0.494 e. The van der Waals surface area contributed by atoms with E-state index in [1.807, 2.05) is 30.0 Å². The summed E-state index contributed by atoms with van der Waals surface area (Å²) < 4.78 is 5.40. The van der Waals surface area contributed by atoms with Crippen LogP contribution in [-0.2, 0) is 4.79 Å². The highest BCUT2D eigenvalue weighted by atomic mass is 16.5. The van der Waals surface area contributed by atoms with E-state index in [9.17, 15) is 9.59 Å². The maximum atomic E-state index is 12.5. The Morgan fingerprint density at radius 3 is 2.44 bits per heavy atom. The molecule has 2 heterocycles. The number of ether oxygens (including phenoxy) is 1. The second-order valence-corrected chi connectivity index (χ2v) is 6.34. The van der Waals surface area contributed by atoms with Crippen molar-refractivity contribution in [2.45, 2.75) is 13.8 Å². The van der Waals surface area contributed by atoms with Crippen LogP contribution in [0.5, 0.6) is 5.75 Å². The highest BCUT2D eigenvalue weighted by molar-refractivity contribution is 6.04. The number of carbonyl (C=O) groups excluding carboxylic acids is 2. The predicted octanol–water partition coefficient (Wildman–Crippen LogP) is 2.40. The highest BCUT2D eigenvalue weighted by Gasteiger charge is 2.19. The van der Waals surface area contributed by atoms with Crippen molar-refractivity contribution in [1.82, 2.24) is 9.88 Å². The average Bonchev–Trinajstić information content (AvgIpc) is 2.70. The first-order valence-corrected chi connectivity index (χ1v) is 9.06. The van der Waals surface area contributed by atoms with Crippen molar-refractivity contribution in [2.75, 3.05) is 43.0 Å². The molecule has 27 heavy (non-hydrogen) atoms. The number of piperazine rings is 1. The van der Waals surface area contributed by atoms with E-state index in [0.29, 0.717) is 30.9 Å². The largest absolute Gasteiger partial charge is 0.494 e. The van der Waals surface area contributed by atoms with Gasteiger partial charge in [0.25, 0.3) is 5.91 Å². The Bertz CT molecular complexity index is 799. The maximum absolute atomic E-state index is 12.5. The smallest absolute Gasteiger partial charge is 0.257 e. The summed E-state index contributed by atoms with van der Waals surface area (Å²) >= 11 is 0. The Labute approximate surface area is 158 Å². The van der Waals surface area contributed by atoms with Gasteiger partial charge in [0.05, 0.1) is 24.1 Å². The van der Waals surface area contributed by atoms with Gasteiger partial charge in [0.1, 0.15) is 5.75 Å². The van der Waals surface area contributed by atoms with Crippen LogP contribution in [0.2, 0.25) is 0 Å². The van der Waals surface area contributed by atoms with Gasteiger partial charge in [-0.05, 0) is 37.3 Å². The molecule has 0 saturated carbocycles. The summed E-state index contributed by atoms with van der Waals surface area (Å²) in [5, 5.41) is 2.87. The van der Waals surface area contributed by atoms with Crippen LogP contribution < -0.4 is 15.0 Å². The van der Waals surface area contributed by atoms with E-state index < -0.39 is 0 Å². The van der Waals surface area contributed by atoms with Gasteiger partial charge in [-0.3, -0.25) is 14.6 Å². The van der Waals surface area contributed by atoms with Gasteiger partial charge in [-0.15, -0.1) is 0 Å². The van der Waals surface area contributed by atoms with Crippen molar-refractivity contribution in [1.29, 1.82) is 0 Å². The van der Waals surface area contributed by atoms with Gasteiger partial charge in [0, 0.05) is 45.0 Å². The van der Waals surface area contributed by atoms with Gasteiger partial charge in [-0.25, -0.2) is 0 Å². The van der Waals surface area contributed by atoms with Gasteiger partial charge in [0.2, 0.25) is 5.91 Å². The molecule has 7 nitrogen and oxygen atoms in total. The Kier molecular flexibility index (Phi) is 5.90. The fourth-order valence-electron chi connectivity index (χ4n) is 3.01. The molecule has 2 amide bonds. The van der Waals surface area contributed by atoms with Crippen molar-refractivity contribution in [3.05, 3.63) is 48.3 Å². The lowest BCUT2D eigenvalue weighted by atomic mass is 10.2. The lowest BCUT2D eigenvalue weighted by Gasteiger charge is -2.35. The van der Waals surface area contributed by atoms with E-state index in [-0.39, 0.29) is 11.8 Å². The zero-order valence-corrected chi connectivity index (χ0v) is 15.6. The van der Waals surface area contributed by atoms with Gasteiger partial charge in [-0.2, -0.15) is 0 Å². The molecule has 0 bridgehead atoms. The third-order valence-corrected chi connectivity index (χ3v) is 4.50. The first-order chi connectivity index (χ1) is 13.1. The van der Waals surface area contributed by atoms with E-state index >= 15 is 0 Å². The molecule has 1 aliphatic heterocycles. The lowest BCUT2D eigenvalue weighted by Crippen LogP contribution is -2.48. The van der Waals surface area contributed by atoms with Crippen LogP contribution in [0.25, 0.3) is 0 Å². The third-order valence-electron chi connectivity index (χ3n) is 4.50. The number of nitrogens with one attached hydrogen (secondary N) is 1. The number of rotatable bonds is 5. The number of benzene rings is 1. The van der Waals surface area contributed by atoms with Gasteiger partial charge >= 0.3 is 0 Å². The number of hydrogen-bond donors (Lipinski definition) is 1. The summed E-state index contributed by atoms with van der Waals surface area (Å²) in [4.78, 5) is 32.2. The van der Waals surface area contributed by atoms with E-state index in [1.165, 1.54) is 0 Å². The summed E-state index contributed by atoms with van der Waals surface area (Å²) in [6.07, 6.45) is 3.30. The van der Waals surface area contributed by atoms with Crippen molar-refractivity contribution in [3.8, 4) is 5.75 Å². The van der Waals surface area contributed by atoms with E-state index in [0.717, 1.165) is 24.5 Å². The number of anilines is 2. The average molecular weight is 368 g/mol. The number of hydrogen-bond acceptors (Lipinski definition) is 5. The summed E-state index contributed by atoms with van der Waals surface area (Å²) in [5.41, 5.74) is 2.08. The Morgan fingerprint density at radius 1 is 1.11 bits per heavy atom. The molecule has 2 aromatic rings. The Morgan fingerprint density at radius 2 is 1.81 bits per heavy atom. The molecule has 1 aromatic carbocycles. The highest BCUT2D eigenvalue weighted by Crippen LogP contribution is 2.19. The molecular weight excluding hydrogens is 344 g/mol. The molecule has 7 heteroatoms. The van der Waals surface area contributed by atoms with Crippen LogP contribution in [-0.4, -0.2) is 54.5 Å². The second kappa shape index (κ2) is 8.53. The van der Waals surface area contributed by atoms with Crippen molar-refractivity contribution >= 4 is 23.2 Å². The third kappa shape index (κ3) is 4.75. The second-order valence-electron chi connectivity index (χ2n) is 6.34. The van der Waals surface area contributed by atoms with Crippen molar-refractivity contribution < 1.29 is 14.3 Å². The number of amides is 2. The first-order valence-electron chi connectivity index (χ1n) is 9.06. The number of pyridine rings is 1. The number of nitrogens with zero attached hydrogens (tertiary/aromatic N) is 3. The Balaban J connectivity index is 1.64. The summed E-state index contributed by atoms with van der Waals surface area (Å²) in [6.45, 7) is 6.93. The molecular formula is C20H24N4O3. The van der Waals surface area contributed by atoms with Crippen LogP contribution in [0.1, 0.15) is 24.2 Å².